The van der Waals surface area contributed by atoms with Crippen molar-refractivity contribution in [3.63, 3.8) is 0 Å². The van der Waals surface area contributed by atoms with Crippen molar-refractivity contribution >= 4 is 39.2 Å². The molecule has 0 aliphatic heterocycles. The number of amides is 1. The molecule has 5 nitrogen and oxygen atoms in total. The minimum atomic E-state index is -0.453. The summed E-state index contributed by atoms with van der Waals surface area (Å²) in [6.45, 7) is 6.41. The lowest BCUT2D eigenvalue weighted by atomic mass is 10.1. The summed E-state index contributed by atoms with van der Waals surface area (Å²) in [5.74, 6) is -0.0262. The number of aryl methyl sites for hydroxylation is 2. The van der Waals surface area contributed by atoms with Gasteiger partial charge < -0.3 is 4.90 Å². The SMILES string of the molecule is CCn1c(S[C@H](C(=O)N(C)C)c2ccccc2)nc2sc(C)c(C)c2c1=O. The monoisotopic (exact) mass is 401 g/mol. The number of aromatic nitrogens is 2. The van der Waals surface area contributed by atoms with Gasteiger partial charge in [0, 0.05) is 25.5 Å². The normalized spacial score (nSPS) is 12.3. The number of carbonyl (C=O) groups is 1. The van der Waals surface area contributed by atoms with Crippen molar-refractivity contribution in [2.45, 2.75) is 37.7 Å². The second-order valence-corrected chi connectivity index (χ2v) is 8.82. The highest BCUT2D eigenvalue weighted by atomic mass is 32.2. The Kier molecular flexibility index (Phi) is 5.72. The van der Waals surface area contributed by atoms with Gasteiger partial charge in [-0.2, -0.15) is 0 Å². The molecule has 0 fully saturated rings. The summed E-state index contributed by atoms with van der Waals surface area (Å²) in [5, 5.41) is 0.824. The highest BCUT2D eigenvalue weighted by Gasteiger charge is 2.26. The Labute approximate surface area is 167 Å². The van der Waals surface area contributed by atoms with E-state index in [1.54, 1.807) is 23.6 Å². The number of fused-ring (bicyclic) bond motifs is 1. The van der Waals surface area contributed by atoms with Gasteiger partial charge in [-0.25, -0.2) is 4.98 Å². The average molecular weight is 402 g/mol. The summed E-state index contributed by atoms with van der Waals surface area (Å²) in [6, 6.07) is 9.63. The van der Waals surface area contributed by atoms with Gasteiger partial charge in [-0.15, -0.1) is 11.3 Å². The van der Waals surface area contributed by atoms with Gasteiger partial charge in [0.15, 0.2) is 5.16 Å². The van der Waals surface area contributed by atoms with Crippen LogP contribution in [0.25, 0.3) is 10.2 Å². The van der Waals surface area contributed by atoms with E-state index in [0.717, 1.165) is 20.8 Å². The van der Waals surface area contributed by atoms with Crippen LogP contribution in [0, 0.1) is 13.8 Å². The molecule has 3 aromatic rings. The Morgan fingerprint density at radius 3 is 2.52 bits per heavy atom. The molecule has 0 aliphatic carbocycles. The first-order valence-corrected chi connectivity index (χ1v) is 10.5. The zero-order chi connectivity index (χ0) is 19.7. The van der Waals surface area contributed by atoms with Crippen LogP contribution in [0.15, 0.2) is 40.3 Å². The maximum atomic E-state index is 13.1. The summed E-state index contributed by atoms with van der Waals surface area (Å²) in [5.41, 5.74) is 1.86. The van der Waals surface area contributed by atoms with Crippen molar-refractivity contribution in [1.82, 2.24) is 14.5 Å². The largest absolute Gasteiger partial charge is 0.348 e. The molecule has 0 N–H and O–H groups in total. The van der Waals surface area contributed by atoms with Crippen LogP contribution in [-0.4, -0.2) is 34.5 Å². The highest BCUT2D eigenvalue weighted by molar-refractivity contribution is 8.00. The second kappa shape index (κ2) is 7.86. The van der Waals surface area contributed by atoms with Crippen LogP contribution in [0.5, 0.6) is 0 Å². The van der Waals surface area contributed by atoms with E-state index in [0.29, 0.717) is 17.1 Å². The van der Waals surface area contributed by atoms with Gasteiger partial charge in [0.2, 0.25) is 5.91 Å². The Hall–Kier alpha value is -2.12. The van der Waals surface area contributed by atoms with Crippen LogP contribution in [-0.2, 0) is 11.3 Å². The molecule has 27 heavy (non-hydrogen) atoms. The summed E-state index contributed by atoms with van der Waals surface area (Å²) in [7, 11) is 3.49. The van der Waals surface area contributed by atoms with Crippen molar-refractivity contribution in [1.29, 1.82) is 0 Å². The predicted octanol–water partition coefficient (Wildman–Crippen LogP) is 4.02. The molecule has 1 aromatic carbocycles. The first-order chi connectivity index (χ1) is 12.8. The number of nitrogens with zero attached hydrogens (tertiary/aromatic N) is 3. The van der Waals surface area contributed by atoms with Crippen molar-refractivity contribution in [3.05, 3.63) is 56.7 Å². The molecule has 0 radical (unpaired) electrons. The first kappa shape index (κ1) is 19.6. The third-order valence-corrected chi connectivity index (χ3v) is 6.89. The number of rotatable bonds is 5. The van der Waals surface area contributed by atoms with E-state index in [4.69, 9.17) is 4.98 Å². The lowest BCUT2D eigenvalue weighted by Crippen LogP contribution is -2.28. The number of likely N-dealkylation sites (N-methyl/N-ethyl adjacent to an activating group) is 1. The predicted molar refractivity (Wildman–Crippen MR) is 113 cm³/mol. The molecule has 142 valence electrons. The molecule has 0 unspecified atom stereocenters. The summed E-state index contributed by atoms with van der Waals surface area (Å²) >= 11 is 2.87. The Morgan fingerprint density at radius 2 is 1.93 bits per heavy atom. The van der Waals surface area contributed by atoms with E-state index in [2.05, 4.69) is 0 Å². The van der Waals surface area contributed by atoms with Crippen LogP contribution >= 0.6 is 23.1 Å². The molecular weight excluding hydrogens is 378 g/mol. The van der Waals surface area contributed by atoms with Crippen LogP contribution < -0.4 is 5.56 Å². The van der Waals surface area contributed by atoms with E-state index in [-0.39, 0.29) is 11.5 Å². The molecular formula is C20H23N3O2S2. The number of carbonyl (C=O) groups excluding carboxylic acids is 1. The fourth-order valence-corrected chi connectivity index (χ4v) is 5.28. The number of benzene rings is 1. The quantitative estimate of drug-likeness (QED) is 0.479. The van der Waals surface area contributed by atoms with E-state index >= 15 is 0 Å². The molecule has 0 aliphatic rings. The van der Waals surface area contributed by atoms with Crippen molar-refractivity contribution in [3.8, 4) is 0 Å². The molecule has 3 rings (SSSR count). The third-order valence-electron chi connectivity index (χ3n) is 4.56. The van der Waals surface area contributed by atoms with Gasteiger partial charge in [0.05, 0.1) is 5.39 Å². The van der Waals surface area contributed by atoms with Gasteiger partial charge in [-0.1, -0.05) is 42.1 Å². The smallest absolute Gasteiger partial charge is 0.263 e. The molecule has 0 saturated carbocycles. The van der Waals surface area contributed by atoms with Crippen LogP contribution in [0.4, 0.5) is 0 Å². The van der Waals surface area contributed by atoms with Gasteiger partial charge in [0.25, 0.3) is 5.56 Å². The number of hydrogen-bond donors (Lipinski definition) is 0. The van der Waals surface area contributed by atoms with Crippen molar-refractivity contribution < 1.29 is 4.79 Å². The van der Waals surface area contributed by atoms with Gasteiger partial charge in [0.1, 0.15) is 10.1 Å². The lowest BCUT2D eigenvalue weighted by molar-refractivity contribution is -0.128. The highest BCUT2D eigenvalue weighted by Crippen LogP contribution is 2.37. The standard InChI is InChI=1S/C20H23N3O2S2/c1-6-23-18(24)15-12(2)13(3)26-17(15)21-20(23)27-16(19(25)22(4)5)14-10-8-7-9-11-14/h7-11,16H,6H2,1-5H3/t16-/m0/s1. The Bertz CT molecular complexity index is 1040. The van der Waals surface area contributed by atoms with Crippen molar-refractivity contribution in [2.75, 3.05) is 14.1 Å². The van der Waals surface area contributed by atoms with E-state index < -0.39 is 5.25 Å². The van der Waals surface area contributed by atoms with Gasteiger partial charge in [-0.05, 0) is 31.9 Å². The minimum absolute atomic E-state index is 0.0262. The second-order valence-electron chi connectivity index (χ2n) is 6.55. The molecule has 7 heteroatoms. The van der Waals surface area contributed by atoms with E-state index in [1.165, 1.54) is 23.1 Å². The first-order valence-electron chi connectivity index (χ1n) is 8.78. The third kappa shape index (κ3) is 3.66. The van der Waals surface area contributed by atoms with Crippen LogP contribution in [0.3, 0.4) is 0 Å². The average Bonchev–Trinajstić information content (AvgIpc) is 2.94. The number of thiophene rings is 1. The van der Waals surface area contributed by atoms with E-state index in [9.17, 15) is 9.59 Å². The minimum Gasteiger partial charge on any atom is -0.348 e. The molecule has 1 amide bonds. The molecule has 0 bridgehead atoms. The van der Waals surface area contributed by atoms with Crippen molar-refractivity contribution in [2.24, 2.45) is 0 Å². The molecule has 2 heterocycles. The maximum Gasteiger partial charge on any atom is 0.263 e. The van der Waals surface area contributed by atoms with Crippen LogP contribution in [0.1, 0.15) is 28.2 Å². The summed E-state index contributed by atoms with van der Waals surface area (Å²) in [4.78, 5) is 34.1. The van der Waals surface area contributed by atoms with Gasteiger partial charge in [-0.3, -0.25) is 14.2 Å². The Morgan fingerprint density at radius 1 is 1.26 bits per heavy atom. The number of thioether (sulfide) groups is 1. The molecule has 2 aromatic heterocycles. The fourth-order valence-electron chi connectivity index (χ4n) is 2.91. The fraction of sp³-hybridized carbons (Fsp3) is 0.350. The zero-order valence-corrected chi connectivity index (χ0v) is 17.8. The topological polar surface area (TPSA) is 55.2 Å². The maximum absolute atomic E-state index is 13.1. The molecule has 0 saturated heterocycles. The van der Waals surface area contributed by atoms with Crippen LogP contribution in [0.2, 0.25) is 0 Å². The summed E-state index contributed by atoms with van der Waals surface area (Å²) in [6.07, 6.45) is 0. The summed E-state index contributed by atoms with van der Waals surface area (Å²) < 4.78 is 1.67. The molecule has 1 atom stereocenters. The molecule has 0 spiro atoms. The Balaban J connectivity index is 2.15. The van der Waals surface area contributed by atoms with E-state index in [1.807, 2.05) is 51.1 Å². The zero-order valence-electron chi connectivity index (χ0n) is 16.1. The lowest BCUT2D eigenvalue weighted by Gasteiger charge is -2.21. The van der Waals surface area contributed by atoms with Gasteiger partial charge >= 0.3 is 0 Å². The number of hydrogen-bond acceptors (Lipinski definition) is 5.